The summed E-state index contributed by atoms with van der Waals surface area (Å²) in [5, 5.41) is 63.2. The number of aliphatic hydroxyl groups is 4. The van der Waals surface area contributed by atoms with E-state index in [1.54, 1.807) is 68.5 Å². The Balaban J connectivity index is 0.000000177. The summed E-state index contributed by atoms with van der Waals surface area (Å²) in [5.41, 5.74) is 3.23. The molecule has 2 aromatic heterocycles. The predicted octanol–water partition coefficient (Wildman–Crippen LogP) is 12.7. The fourth-order valence-corrected chi connectivity index (χ4v) is 25.7. The minimum absolute atomic E-state index is 0.000298. The number of thiazole rings is 1. The lowest BCUT2D eigenvalue weighted by Gasteiger charge is -2.35. The molecule has 8 aliphatic rings. The second-order valence-electron chi connectivity index (χ2n) is 37.7. The summed E-state index contributed by atoms with van der Waals surface area (Å²) in [7, 11) is -29.9. The number of rotatable bonds is 28. The molecule has 0 saturated carbocycles. The maximum atomic E-state index is 13.9. The van der Waals surface area contributed by atoms with Crippen molar-refractivity contribution < 1.29 is 110 Å². The van der Waals surface area contributed by atoms with Gasteiger partial charge in [0.05, 0.1) is 137 Å². The van der Waals surface area contributed by atoms with Gasteiger partial charge < -0.3 is 79.4 Å². The van der Waals surface area contributed by atoms with Crippen LogP contribution in [-0.4, -0.2) is 219 Å². The largest absolute Gasteiger partial charge is 0.509 e. The lowest BCUT2D eigenvalue weighted by atomic mass is 9.85. The van der Waals surface area contributed by atoms with E-state index in [4.69, 9.17) is 18.1 Å². The summed E-state index contributed by atoms with van der Waals surface area (Å²) in [6, 6.07) is 15.7. The van der Waals surface area contributed by atoms with Crippen LogP contribution in [0.5, 0.6) is 0 Å². The van der Waals surface area contributed by atoms with Crippen molar-refractivity contribution in [3.8, 4) is 0 Å². The lowest BCUT2D eigenvalue weighted by Crippen LogP contribution is -2.43. The molecule has 13 N–H and O–H groups in total. The summed E-state index contributed by atoms with van der Waals surface area (Å²) in [6.07, 6.45) is 10.4. The van der Waals surface area contributed by atoms with E-state index < -0.39 is 123 Å². The van der Waals surface area contributed by atoms with Gasteiger partial charge in [-0.25, -0.2) is 33.7 Å². The van der Waals surface area contributed by atoms with E-state index in [0.29, 0.717) is 42.3 Å². The number of aromatic nitrogens is 3. The Hall–Kier alpha value is -10.9. The average molecular weight is 2090 g/mol. The molecule has 52 heteroatoms. The van der Waals surface area contributed by atoms with E-state index in [1.807, 2.05) is 62.3 Å². The lowest BCUT2D eigenvalue weighted by molar-refractivity contribution is -0.129. The van der Waals surface area contributed by atoms with Gasteiger partial charge in [-0.1, -0.05) is 89.7 Å². The number of fused-ring (bicyclic) bond motifs is 4. The molecular formula is C86H117N19O24P4S5. The number of carbonyl (C=O) groups is 4. The normalized spacial score (nSPS) is 22.3. The summed E-state index contributed by atoms with van der Waals surface area (Å²) < 4.78 is 197. The van der Waals surface area contributed by atoms with E-state index >= 15 is 0 Å². The molecule has 0 aliphatic carbocycles. The van der Waals surface area contributed by atoms with Gasteiger partial charge in [-0.3, -0.25) is 66.4 Å². The molecule has 4 amide bonds. The molecule has 10 heterocycles. The Morgan fingerprint density at radius 3 is 1.07 bits per heavy atom. The van der Waals surface area contributed by atoms with Gasteiger partial charge in [0.25, 0.3) is 23.6 Å². The molecule has 138 heavy (non-hydrogen) atoms. The van der Waals surface area contributed by atoms with Crippen LogP contribution in [0, 0.1) is 21.7 Å². The SMILES string of the molecule is C=C1C(O)=C(C2=NP(=O)(OCC)c3cc(NS(C)(=O)=O)ccc3N2)C(=O)N1CCC(C)(C)C.CCOP1(=O)N=C(C2=C(O)C(C(C)(C)C)N(Cc3cn[nH]c3)C2=O)Nc2ccc(NS(C)(=O)=O)cc21.CCOP1(=O)N=C(C2=C(O)C(C(C)(C)C)N(Cc3cncs3)C2=O)Nc2ccc(NS(C)(=O)=O)cc21.CCOP1(=O)N=C(C2=C(O)C(C)N(CCC(C)(C)C)C2=O)Nc2ccc(NS(C)(=O)=O)cc21. The number of aliphatic hydroxyl groups excluding tert-OH is 4. The Morgan fingerprint density at radius 1 is 0.449 bits per heavy atom. The molecule has 750 valence electrons. The van der Waals surface area contributed by atoms with Gasteiger partial charge in [-0.05, 0) is 142 Å². The highest BCUT2D eigenvalue weighted by molar-refractivity contribution is 7.92. The number of amidine groups is 4. The third kappa shape index (κ3) is 24.8. The molecule has 0 radical (unpaired) electrons. The molecular weight excluding hydrogens is 1970 g/mol. The zero-order valence-corrected chi connectivity index (χ0v) is 87.7. The number of nitrogens with zero attached hydrogens (tertiary/aromatic N) is 10. The molecule has 8 aliphatic heterocycles. The highest BCUT2D eigenvalue weighted by atomic mass is 32.2. The van der Waals surface area contributed by atoms with Crippen molar-refractivity contribution in [2.75, 3.05) is 105 Å². The molecule has 43 nitrogen and oxygen atoms in total. The number of hydrogen-bond donors (Lipinski definition) is 13. The van der Waals surface area contributed by atoms with Crippen LogP contribution < -0.4 is 61.4 Å². The Morgan fingerprint density at radius 2 is 0.768 bits per heavy atom. The van der Waals surface area contributed by atoms with Gasteiger partial charge in [0.1, 0.15) is 39.6 Å². The molecule has 0 spiro atoms. The van der Waals surface area contributed by atoms with Crippen molar-refractivity contribution in [2.45, 2.75) is 162 Å². The second-order valence-corrected chi connectivity index (χ2v) is 53.5. The first-order valence-corrected chi connectivity index (χ1v) is 58.0. The number of sulfonamides is 4. The van der Waals surface area contributed by atoms with Crippen LogP contribution in [0.15, 0.2) is 174 Å². The van der Waals surface area contributed by atoms with E-state index in [0.717, 1.165) is 41.9 Å². The van der Waals surface area contributed by atoms with Crippen LogP contribution in [0.2, 0.25) is 0 Å². The topological polar surface area (TPSA) is 591 Å². The highest BCUT2D eigenvalue weighted by Gasteiger charge is 2.53. The number of nitrogens with one attached hydrogen (secondary N) is 9. The van der Waals surface area contributed by atoms with Gasteiger partial charge in [0.15, 0.2) is 29.1 Å². The second kappa shape index (κ2) is 40.4. The Labute approximate surface area is 806 Å². The van der Waals surface area contributed by atoms with E-state index in [9.17, 15) is 91.5 Å². The molecule has 7 unspecified atom stereocenters. The molecule has 7 atom stereocenters. The summed E-state index contributed by atoms with van der Waals surface area (Å²) >= 11 is 1.40. The van der Waals surface area contributed by atoms with E-state index in [1.165, 1.54) is 93.9 Å². The van der Waals surface area contributed by atoms with Crippen molar-refractivity contribution in [3.05, 3.63) is 165 Å². The monoisotopic (exact) mass is 2080 g/mol. The number of benzene rings is 4. The fourth-order valence-electron chi connectivity index (χ4n) is 15.7. The number of amides is 4. The fraction of sp³-hybridized carbons (Fsp3) is 0.442. The summed E-state index contributed by atoms with van der Waals surface area (Å²) in [5.74, 6) is -2.98. The minimum Gasteiger partial charge on any atom is -0.509 e. The first-order valence-electron chi connectivity index (χ1n) is 43.3. The minimum atomic E-state index is -3.93. The molecule has 4 aromatic carbocycles. The van der Waals surface area contributed by atoms with Gasteiger partial charge in [-0.15, -0.1) is 11.3 Å². The molecule has 0 saturated heterocycles. The zero-order chi connectivity index (χ0) is 102. The van der Waals surface area contributed by atoms with E-state index in [2.05, 4.69) is 102 Å². The maximum Gasteiger partial charge on any atom is 0.348 e. The third-order valence-electron chi connectivity index (χ3n) is 21.6. The van der Waals surface area contributed by atoms with Crippen LogP contribution >= 0.6 is 41.4 Å². The Bertz CT molecular complexity index is 6640. The van der Waals surface area contributed by atoms with Crippen LogP contribution in [0.25, 0.3) is 0 Å². The van der Waals surface area contributed by atoms with E-state index in [-0.39, 0.29) is 169 Å². The molecule has 0 bridgehead atoms. The average Bonchev–Trinajstić information content (AvgIpc) is 1.55. The van der Waals surface area contributed by atoms with Crippen LogP contribution in [-0.2, 0) is 109 Å². The number of hydrogen-bond acceptors (Lipinski definition) is 31. The van der Waals surface area contributed by atoms with Crippen molar-refractivity contribution in [3.63, 3.8) is 0 Å². The molecule has 14 rings (SSSR count). The van der Waals surface area contributed by atoms with Crippen molar-refractivity contribution in [1.29, 1.82) is 0 Å². The number of aromatic amines is 1. The highest BCUT2D eigenvalue weighted by Crippen LogP contribution is 2.58. The number of carbonyl (C=O) groups excluding carboxylic acids is 4. The number of H-pyrrole nitrogens is 1. The first kappa shape index (κ1) is 108. The van der Waals surface area contributed by atoms with Gasteiger partial charge in [0.2, 0.25) is 40.1 Å². The van der Waals surface area contributed by atoms with Gasteiger partial charge in [0, 0.05) is 65.2 Å². The van der Waals surface area contributed by atoms with Gasteiger partial charge in [-0.2, -0.15) is 24.2 Å². The van der Waals surface area contributed by atoms with Crippen molar-refractivity contribution in [1.82, 2.24) is 34.8 Å². The predicted molar refractivity (Wildman–Crippen MR) is 536 cm³/mol. The summed E-state index contributed by atoms with van der Waals surface area (Å²) in [6.45, 7) is 37.4. The van der Waals surface area contributed by atoms with Crippen LogP contribution in [0.4, 0.5) is 45.5 Å². The van der Waals surface area contributed by atoms with Crippen LogP contribution in [0.3, 0.4) is 0 Å². The zero-order valence-electron chi connectivity index (χ0n) is 80.0. The van der Waals surface area contributed by atoms with Crippen molar-refractivity contribution >= 4 is 195 Å². The van der Waals surface area contributed by atoms with Crippen molar-refractivity contribution in [2.24, 2.45) is 40.7 Å². The smallest absolute Gasteiger partial charge is 0.348 e. The standard InChI is InChI=1S/C22H29N6O6PS.C22H28N5O6PS2.C21H31N4O6PS.C21H29N4O6PS/c1-6-34-35(31)16-9-14(27-36(5,32)33)7-8-15(16)25-20(26-35)17-18(29)19(22(2,3)4)28(21(17)30)12-13-10-23-24-11-13;1-6-33-34(30)16-9-13(26-36(5,31)32)7-8-15(16)24-20(25-34)17-18(28)19(22(2,3)4)27(21(17)29)11-14-10-23-12-35-14;2*1-7-31-32(28)16-12-14(24-33(6,29)30)8-9-15(16)22-19(23-32)17-18(26)13(2)25(20(17)27)11-10-21(3,4)5/h7-11,19,27,29H,6,12H2,1-5H3,(H,23,24)(H,25,26,31);7-10,12,19,26,28H,6,11H2,1-5H3,(H,24,25,30);8-9,12-13,24,26H,7,10-11H2,1-6H3,(H,22,23,28);8-9,12,24,26H,2,7,10-11H2,1,3-6H3,(H,22,23,28). The first-order chi connectivity index (χ1) is 63.8. The maximum absolute atomic E-state index is 13.9. The quantitative estimate of drug-likeness (QED) is 0.0203. The molecule has 6 aromatic rings. The summed E-state index contributed by atoms with van der Waals surface area (Å²) in [4.78, 5) is 64.6. The van der Waals surface area contributed by atoms with Crippen LogP contribution in [0.1, 0.15) is 141 Å². The van der Waals surface area contributed by atoms with Gasteiger partial charge >= 0.3 is 30.1 Å². The number of anilines is 8. The third-order valence-corrected chi connectivity index (χ3v) is 33.0. The Kier molecular flexibility index (Phi) is 31.5. The molecule has 0 fully saturated rings.